The second-order valence-electron chi connectivity index (χ2n) is 7.80. The predicted octanol–water partition coefficient (Wildman–Crippen LogP) is 4.29. The van der Waals surface area contributed by atoms with Gasteiger partial charge in [-0.3, -0.25) is 9.59 Å². The normalized spacial score (nSPS) is 15.4. The zero-order chi connectivity index (χ0) is 23.4. The van der Waals surface area contributed by atoms with Gasteiger partial charge in [0.2, 0.25) is 5.91 Å². The van der Waals surface area contributed by atoms with Crippen LogP contribution in [0.2, 0.25) is 0 Å². The standard InChI is InChI=1S/C26H25FN2O4/c1-28(22-14-15-29(26(22)31)21-11-7-6-10-20(21)27)25(30)19-12-13-23(24(16-19)32-2)33-17-18-8-4-3-5-9-18/h3-13,16,22H,14-15,17H2,1-2H3. The first-order valence-corrected chi connectivity index (χ1v) is 10.7. The van der Waals surface area contributed by atoms with E-state index in [1.807, 2.05) is 30.3 Å². The zero-order valence-corrected chi connectivity index (χ0v) is 18.5. The third kappa shape index (κ3) is 4.67. The van der Waals surface area contributed by atoms with Crippen LogP contribution in [-0.4, -0.2) is 43.5 Å². The van der Waals surface area contributed by atoms with Crippen LogP contribution in [0.3, 0.4) is 0 Å². The molecule has 33 heavy (non-hydrogen) atoms. The fourth-order valence-electron chi connectivity index (χ4n) is 3.93. The van der Waals surface area contributed by atoms with Gasteiger partial charge in [-0.1, -0.05) is 42.5 Å². The van der Waals surface area contributed by atoms with Crippen molar-refractivity contribution in [3.05, 3.63) is 89.7 Å². The van der Waals surface area contributed by atoms with Crippen molar-refractivity contribution in [3.8, 4) is 11.5 Å². The number of hydrogen-bond acceptors (Lipinski definition) is 4. The van der Waals surface area contributed by atoms with E-state index >= 15 is 0 Å². The Bertz CT molecular complexity index is 1150. The molecule has 7 heteroatoms. The van der Waals surface area contributed by atoms with Crippen molar-refractivity contribution < 1.29 is 23.5 Å². The van der Waals surface area contributed by atoms with Crippen LogP contribution in [0.15, 0.2) is 72.8 Å². The second kappa shape index (κ2) is 9.73. The van der Waals surface area contributed by atoms with Crippen molar-refractivity contribution in [2.24, 2.45) is 0 Å². The molecule has 1 unspecified atom stereocenters. The molecule has 0 bridgehead atoms. The average molecular weight is 448 g/mol. The molecule has 6 nitrogen and oxygen atoms in total. The van der Waals surface area contributed by atoms with Gasteiger partial charge in [0.05, 0.1) is 12.8 Å². The number of halogens is 1. The first-order chi connectivity index (χ1) is 16.0. The molecule has 4 rings (SSSR count). The minimum Gasteiger partial charge on any atom is -0.493 e. The molecule has 3 aromatic rings. The van der Waals surface area contributed by atoms with E-state index in [2.05, 4.69) is 0 Å². The maximum atomic E-state index is 14.2. The van der Waals surface area contributed by atoms with Gasteiger partial charge in [-0.05, 0) is 42.3 Å². The van der Waals surface area contributed by atoms with Gasteiger partial charge in [0, 0.05) is 19.2 Å². The molecular formula is C26H25FN2O4. The molecule has 1 saturated heterocycles. The Labute approximate surface area is 192 Å². The number of methoxy groups -OCH3 is 1. The van der Waals surface area contributed by atoms with Crippen LogP contribution in [0.25, 0.3) is 0 Å². The number of benzene rings is 3. The summed E-state index contributed by atoms with van der Waals surface area (Å²) in [4.78, 5) is 28.9. The van der Waals surface area contributed by atoms with Crippen molar-refractivity contribution in [1.82, 2.24) is 4.90 Å². The van der Waals surface area contributed by atoms with Gasteiger partial charge < -0.3 is 19.3 Å². The Morgan fingerprint density at radius 2 is 1.79 bits per heavy atom. The maximum absolute atomic E-state index is 14.2. The average Bonchev–Trinajstić information content (AvgIpc) is 3.23. The van der Waals surface area contributed by atoms with E-state index in [1.54, 1.807) is 43.4 Å². The van der Waals surface area contributed by atoms with Gasteiger partial charge in [0.15, 0.2) is 11.5 Å². The number of anilines is 1. The smallest absolute Gasteiger partial charge is 0.254 e. The lowest BCUT2D eigenvalue weighted by atomic mass is 10.1. The highest BCUT2D eigenvalue weighted by Gasteiger charge is 2.38. The molecule has 1 heterocycles. The van der Waals surface area contributed by atoms with Crippen molar-refractivity contribution >= 4 is 17.5 Å². The lowest BCUT2D eigenvalue weighted by molar-refractivity contribution is -0.120. The molecule has 3 aromatic carbocycles. The van der Waals surface area contributed by atoms with Gasteiger partial charge in [-0.25, -0.2) is 4.39 Å². The molecule has 0 aliphatic carbocycles. The Morgan fingerprint density at radius 3 is 2.52 bits per heavy atom. The van der Waals surface area contributed by atoms with Crippen LogP contribution in [0, 0.1) is 5.82 Å². The number of carbonyl (C=O) groups is 2. The van der Waals surface area contributed by atoms with Gasteiger partial charge in [0.25, 0.3) is 5.91 Å². The van der Waals surface area contributed by atoms with Crippen molar-refractivity contribution in [3.63, 3.8) is 0 Å². The number of para-hydroxylation sites is 1. The third-order valence-corrected chi connectivity index (χ3v) is 5.76. The number of likely N-dealkylation sites (N-methyl/N-ethyl adjacent to an activating group) is 1. The maximum Gasteiger partial charge on any atom is 0.254 e. The van der Waals surface area contributed by atoms with E-state index in [-0.39, 0.29) is 17.5 Å². The third-order valence-electron chi connectivity index (χ3n) is 5.76. The Kier molecular flexibility index (Phi) is 6.58. The molecule has 0 aromatic heterocycles. The second-order valence-corrected chi connectivity index (χ2v) is 7.80. The Morgan fingerprint density at radius 1 is 1.06 bits per heavy atom. The van der Waals surface area contributed by atoms with Crippen LogP contribution >= 0.6 is 0 Å². The summed E-state index contributed by atoms with van der Waals surface area (Å²) in [6.45, 7) is 0.713. The van der Waals surface area contributed by atoms with E-state index < -0.39 is 11.9 Å². The summed E-state index contributed by atoms with van der Waals surface area (Å²) in [5.74, 6) is -0.141. The van der Waals surface area contributed by atoms with Crippen LogP contribution < -0.4 is 14.4 Å². The molecule has 2 amide bonds. The first kappa shape index (κ1) is 22.3. The van der Waals surface area contributed by atoms with E-state index in [0.717, 1.165) is 5.56 Å². The monoisotopic (exact) mass is 448 g/mol. The van der Waals surface area contributed by atoms with Crippen molar-refractivity contribution in [2.75, 3.05) is 25.6 Å². The molecule has 1 aliphatic rings. The fraction of sp³-hybridized carbons (Fsp3) is 0.231. The summed E-state index contributed by atoms with van der Waals surface area (Å²) in [6, 6.07) is 20.1. The number of amides is 2. The SMILES string of the molecule is COc1cc(C(=O)N(C)C2CCN(c3ccccc3F)C2=O)ccc1OCc1ccccc1. The Balaban J connectivity index is 1.47. The highest BCUT2D eigenvalue weighted by Crippen LogP contribution is 2.31. The molecule has 0 spiro atoms. The molecule has 1 aliphatic heterocycles. The summed E-state index contributed by atoms with van der Waals surface area (Å²) >= 11 is 0. The molecular weight excluding hydrogens is 423 g/mol. The fourth-order valence-corrected chi connectivity index (χ4v) is 3.93. The van der Waals surface area contributed by atoms with Gasteiger partial charge >= 0.3 is 0 Å². The highest BCUT2D eigenvalue weighted by atomic mass is 19.1. The molecule has 0 radical (unpaired) electrons. The van der Waals surface area contributed by atoms with Gasteiger partial charge in [-0.2, -0.15) is 0 Å². The van der Waals surface area contributed by atoms with Crippen LogP contribution in [0.4, 0.5) is 10.1 Å². The van der Waals surface area contributed by atoms with Crippen LogP contribution in [0.5, 0.6) is 11.5 Å². The molecule has 0 saturated carbocycles. The summed E-state index contributed by atoms with van der Waals surface area (Å²) < 4.78 is 25.4. The van der Waals surface area contributed by atoms with E-state index in [1.165, 1.54) is 23.0 Å². The molecule has 1 atom stereocenters. The van der Waals surface area contributed by atoms with Crippen LogP contribution in [0.1, 0.15) is 22.3 Å². The minimum absolute atomic E-state index is 0.229. The van der Waals surface area contributed by atoms with Gasteiger partial charge in [0.1, 0.15) is 18.5 Å². The largest absolute Gasteiger partial charge is 0.493 e. The summed E-state index contributed by atoms with van der Waals surface area (Å²) in [5.41, 5.74) is 1.62. The van der Waals surface area contributed by atoms with Gasteiger partial charge in [-0.15, -0.1) is 0 Å². The minimum atomic E-state index is -0.669. The van der Waals surface area contributed by atoms with Crippen molar-refractivity contribution in [2.45, 2.75) is 19.1 Å². The first-order valence-electron chi connectivity index (χ1n) is 10.7. The summed E-state index contributed by atoms with van der Waals surface area (Å²) in [6.07, 6.45) is 0.421. The lowest BCUT2D eigenvalue weighted by Gasteiger charge is -2.24. The van der Waals surface area contributed by atoms with E-state index in [0.29, 0.717) is 36.6 Å². The summed E-state index contributed by atoms with van der Waals surface area (Å²) in [5, 5.41) is 0. The topological polar surface area (TPSA) is 59.1 Å². The van der Waals surface area contributed by atoms with Crippen molar-refractivity contribution in [1.29, 1.82) is 0 Å². The quantitative estimate of drug-likeness (QED) is 0.541. The zero-order valence-electron chi connectivity index (χ0n) is 18.5. The van der Waals surface area contributed by atoms with E-state index in [9.17, 15) is 14.0 Å². The number of rotatable bonds is 7. The van der Waals surface area contributed by atoms with E-state index in [4.69, 9.17) is 9.47 Å². The lowest BCUT2D eigenvalue weighted by Crippen LogP contribution is -2.43. The molecule has 170 valence electrons. The molecule has 1 fully saturated rings. The number of ether oxygens (including phenoxy) is 2. The molecule has 0 N–H and O–H groups in total. The van der Waals surface area contributed by atoms with Crippen LogP contribution in [-0.2, 0) is 11.4 Å². The highest BCUT2D eigenvalue weighted by molar-refractivity contribution is 6.04. The summed E-state index contributed by atoms with van der Waals surface area (Å²) in [7, 11) is 3.09. The predicted molar refractivity (Wildman–Crippen MR) is 123 cm³/mol. The number of hydrogen-bond donors (Lipinski definition) is 0. The number of carbonyl (C=O) groups excluding carboxylic acids is 2. The number of nitrogens with zero attached hydrogens (tertiary/aromatic N) is 2. The Hall–Kier alpha value is -3.87.